The molecular formula is C14H19BrO2S. The Balaban J connectivity index is 2.36. The molecule has 0 aromatic heterocycles. The van der Waals surface area contributed by atoms with Crippen LogP contribution in [0.15, 0.2) is 33.6 Å². The molecule has 0 saturated carbocycles. The molecule has 100 valence electrons. The lowest BCUT2D eigenvalue weighted by atomic mass is 10.0. The van der Waals surface area contributed by atoms with Gasteiger partial charge in [-0.25, -0.2) is 0 Å². The molecule has 0 fully saturated rings. The minimum atomic E-state index is -0.215. The molecule has 2 nitrogen and oxygen atoms in total. The summed E-state index contributed by atoms with van der Waals surface area (Å²) in [6, 6.07) is 7.95. The predicted molar refractivity (Wildman–Crippen MR) is 80.2 cm³/mol. The van der Waals surface area contributed by atoms with Gasteiger partial charge < -0.3 is 4.74 Å². The molecule has 0 bridgehead atoms. The second kappa shape index (κ2) is 7.31. The van der Waals surface area contributed by atoms with E-state index < -0.39 is 0 Å². The van der Waals surface area contributed by atoms with Crippen LogP contribution in [0.1, 0.15) is 26.7 Å². The fourth-order valence-electron chi connectivity index (χ4n) is 1.33. The van der Waals surface area contributed by atoms with E-state index in [2.05, 4.69) is 15.9 Å². The molecule has 0 aliphatic rings. The van der Waals surface area contributed by atoms with Crippen LogP contribution < -0.4 is 0 Å². The molecule has 0 N–H and O–H groups in total. The van der Waals surface area contributed by atoms with Gasteiger partial charge >= 0.3 is 0 Å². The van der Waals surface area contributed by atoms with Crippen LogP contribution in [0, 0.1) is 0 Å². The Hall–Kier alpha value is -0.320. The highest BCUT2D eigenvalue weighted by Gasteiger charge is 2.18. The molecule has 0 heterocycles. The van der Waals surface area contributed by atoms with E-state index in [0.717, 1.165) is 15.8 Å². The maximum atomic E-state index is 11.8. The molecule has 0 saturated heterocycles. The third-order valence-corrected chi connectivity index (χ3v) is 4.87. The Kier molecular flexibility index (Phi) is 6.39. The van der Waals surface area contributed by atoms with Gasteiger partial charge in [0.25, 0.3) is 0 Å². The Morgan fingerprint density at radius 1 is 1.39 bits per heavy atom. The summed E-state index contributed by atoms with van der Waals surface area (Å²) in [6.07, 6.45) is 1.33. The zero-order valence-corrected chi connectivity index (χ0v) is 13.4. The minimum Gasteiger partial charge on any atom is -0.379 e. The van der Waals surface area contributed by atoms with Crippen molar-refractivity contribution in [3.05, 3.63) is 28.7 Å². The van der Waals surface area contributed by atoms with Gasteiger partial charge in [-0.2, -0.15) is 0 Å². The summed E-state index contributed by atoms with van der Waals surface area (Å²) < 4.78 is 6.35. The lowest BCUT2D eigenvalue weighted by Gasteiger charge is -2.22. The molecule has 0 unspecified atom stereocenters. The Labute approximate surface area is 122 Å². The molecule has 0 atom stereocenters. The largest absolute Gasteiger partial charge is 0.379 e. The molecule has 0 spiro atoms. The summed E-state index contributed by atoms with van der Waals surface area (Å²) in [5.41, 5.74) is -0.215. The van der Waals surface area contributed by atoms with Crippen molar-refractivity contribution in [2.24, 2.45) is 0 Å². The summed E-state index contributed by atoms with van der Waals surface area (Å²) in [5.74, 6) is 0.781. The average Bonchev–Trinajstić information content (AvgIpc) is 2.35. The second-order valence-corrected chi connectivity index (χ2v) is 6.59. The van der Waals surface area contributed by atoms with Crippen LogP contribution in [0.4, 0.5) is 0 Å². The third-order valence-electron chi connectivity index (χ3n) is 2.78. The van der Waals surface area contributed by atoms with Gasteiger partial charge in [0.05, 0.1) is 11.4 Å². The zero-order chi connectivity index (χ0) is 13.6. The molecular weight excluding hydrogens is 312 g/mol. The van der Waals surface area contributed by atoms with E-state index in [-0.39, 0.29) is 11.4 Å². The molecule has 18 heavy (non-hydrogen) atoms. The van der Waals surface area contributed by atoms with Crippen LogP contribution in [0.2, 0.25) is 0 Å². The maximum Gasteiger partial charge on any atom is 0.143 e. The molecule has 0 amide bonds. The number of hydrogen-bond acceptors (Lipinski definition) is 3. The van der Waals surface area contributed by atoms with Crippen molar-refractivity contribution in [3.8, 4) is 0 Å². The highest BCUT2D eigenvalue weighted by molar-refractivity contribution is 9.10. The molecule has 4 heteroatoms. The van der Waals surface area contributed by atoms with E-state index in [1.54, 1.807) is 18.9 Å². The SMILES string of the molecule is COC(C)(C)CCC(=O)CSc1ccccc1Br. The standard InChI is InChI=1S/C14H19BrO2S/c1-14(2,17-3)9-8-11(16)10-18-13-7-5-4-6-12(13)15/h4-7H,8-10H2,1-3H3. The van der Waals surface area contributed by atoms with Gasteiger partial charge in [-0.1, -0.05) is 12.1 Å². The van der Waals surface area contributed by atoms with Crippen molar-refractivity contribution in [3.63, 3.8) is 0 Å². The molecule has 1 aromatic carbocycles. The van der Waals surface area contributed by atoms with E-state index in [4.69, 9.17) is 4.74 Å². The van der Waals surface area contributed by atoms with Crippen molar-refractivity contribution in [1.82, 2.24) is 0 Å². The number of ketones is 1. The molecule has 0 aliphatic heterocycles. The van der Waals surface area contributed by atoms with Gasteiger partial charge in [0.15, 0.2) is 0 Å². The number of hydrogen-bond donors (Lipinski definition) is 0. The lowest BCUT2D eigenvalue weighted by Crippen LogP contribution is -2.23. The van der Waals surface area contributed by atoms with E-state index >= 15 is 0 Å². The normalized spacial score (nSPS) is 11.6. The van der Waals surface area contributed by atoms with Crippen molar-refractivity contribution in [2.75, 3.05) is 12.9 Å². The van der Waals surface area contributed by atoms with Crippen LogP contribution in [0.25, 0.3) is 0 Å². The van der Waals surface area contributed by atoms with Gasteiger partial charge in [0.1, 0.15) is 5.78 Å². The van der Waals surface area contributed by atoms with Gasteiger partial charge in [-0.15, -0.1) is 11.8 Å². The Morgan fingerprint density at radius 3 is 2.67 bits per heavy atom. The van der Waals surface area contributed by atoms with Crippen molar-refractivity contribution < 1.29 is 9.53 Å². The first-order valence-corrected chi connectivity index (χ1v) is 7.66. The van der Waals surface area contributed by atoms with Gasteiger partial charge in [0.2, 0.25) is 0 Å². The smallest absolute Gasteiger partial charge is 0.143 e. The van der Waals surface area contributed by atoms with Gasteiger partial charge in [-0.05, 0) is 48.3 Å². The fourth-order valence-corrected chi connectivity index (χ4v) is 2.80. The summed E-state index contributed by atoms with van der Waals surface area (Å²) in [4.78, 5) is 12.9. The molecule has 0 radical (unpaired) electrons. The van der Waals surface area contributed by atoms with E-state index in [0.29, 0.717) is 12.2 Å². The highest BCUT2D eigenvalue weighted by atomic mass is 79.9. The van der Waals surface area contributed by atoms with Crippen molar-refractivity contribution in [2.45, 2.75) is 37.2 Å². The molecule has 0 aliphatic carbocycles. The number of carbonyl (C=O) groups is 1. The van der Waals surface area contributed by atoms with E-state index in [9.17, 15) is 4.79 Å². The second-order valence-electron chi connectivity index (χ2n) is 4.72. The number of carbonyl (C=O) groups excluding carboxylic acids is 1. The maximum absolute atomic E-state index is 11.8. The fraction of sp³-hybridized carbons (Fsp3) is 0.500. The average molecular weight is 331 g/mol. The van der Waals surface area contributed by atoms with Crippen LogP contribution >= 0.6 is 27.7 Å². The monoisotopic (exact) mass is 330 g/mol. The highest BCUT2D eigenvalue weighted by Crippen LogP contribution is 2.27. The summed E-state index contributed by atoms with van der Waals surface area (Å²) in [6.45, 7) is 4.00. The molecule has 1 aromatic rings. The Bertz CT molecular complexity index is 405. The summed E-state index contributed by atoms with van der Waals surface area (Å²) >= 11 is 5.05. The number of Topliss-reactive ketones (excluding diaryl/α,β-unsaturated/α-hetero) is 1. The van der Waals surface area contributed by atoms with Crippen LogP contribution in [0.3, 0.4) is 0 Å². The van der Waals surface area contributed by atoms with Crippen molar-refractivity contribution in [1.29, 1.82) is 0 Å². The topological polar surface area (TPSA) is 26.3 Å². The predicted octanol–water partition coefficient (Wildman–Crippen LogP) is 4.32. The van der Waals surface area contributed by atoms with Crippen LogP contribution in [-0.2, 0) is 9.53 Å². The summed E-state index contributed by atoms with van der Waals surface area (Å²) in [7, 11) is 1.68. The van der Waals surface area contributed by atoms with Crippen LogP contribution in [-0.4, -0.2) is 24.2 Å². The van der Waals surface area contributed by atoms with Crippen LogP contribution in [0.5, 0.6) is 0 Å². The summed E-state index contributed by atoms with van der Waals surface area (Å²) in [5, 5.41) is 0. The first-order valence-electron chi connectivity index (χ1n) is 5.89. The number of halogens is 1. The lowest BCUT2D eigenvalue weighted by molar-refractivity contribution is -0.118. The number of methoxy groups -OCH3 is 1. The quantitative estimate of drug-likeness (QED) is 0.696. The van der Waals surface area contributed by atoms with E-state index in [1.165, 1.54) is 0 Å². The Morgan fingerprint density at radius 2 is 2.06 bits per heavy atom. The molecule has 1 rings (SSSR count). The third kappa shape index (κ3) is 5.55. The van der Waals surface area contributed by atoms with Gasteiger partial charge in [0, 0.05) is 22.9 Å². The number of ether oxygens (including phenoxy) is 1. The van der Waals surface area contributed by atoms with Gasteiger partial charge in [-0.3, -0.25) is 4.79 Å². The zero-order valence-electron chi connectivity index (χ0n) is 11.0. The van der Waals surface area contributed by atoms with E-state index in [1.807, 2.05) is 38.1 Å². The number of thioether (sulfide) groups is 1. The van der Waals surface area contributed by atoms with Crippen molar-refractivity contribution >= 4 is 33.5 Å². The first-order chi connectivity index (χ1) is 8.44. The first kappa shape index (κ1) is 15.7. The number of rotatable bonds is 7. The minimum absolute atomic E-state index is 0.215. The number of benzene rings is 1.